The van der Waals surface area contributed by atoms with Crippen molar-refractivity contribution >= 4 is 5.91 Å². The van der Waals surface area contributed by atoms with Crippen LogP contribution in [0.15, 0.2) is 30.3 Å². The SMILES string of the molecule is O=C(NCC1(COc2ccccc2)C[C@@H](O)[C@@H](O)C1)C1CC1. The lowest BCUT2D eigenvalue weighted by atomic mass is 9.86. The van der Waals surface area contributed by atoms with E-state index >= 15 is 0 Å². The predicted octanol–water partition coefficient (Wildman–Crippen LogP) is 1.09. The van der Waals surface area contributed by atoms with Gasteiger partial charge >= 0.3 is 0 Å². The normalized spacial score (nSPS) is 31.0. The summed E-state index contributed by atoms with van der Waals surface area (Å²) >= 11 is 0. The first-order valence-corrected chi connectivity index (χ1v) is 7.90. The molecule has 1 unspecified atom stereocenters. The second-order valence-corrected chi connectivity index (χ2v) is 6.64. The van der Waals surface area contributed by atoms with Gasteiger partial charge in [-0.05, 0) is 37.8 Å². The van der Waals surface area contributed by atoms with E-state index in [1.165, 1.54) is 0 Å². The molecule has 1 aromatic rings. The summed E-state index contributed by atoms with van der Waals surface area (Å²) in [6.07, 6.45) is 1.29. The molecule has 3 N–H and O–H groups in total. The van der Waals surface area contributed by atoms with Gasteiger partial charge in [-0.1, -0.05) is 18.2 Å². The van der Waals surface area contributed by atoms with Crippen LogP contribution >= 0.6 is 0 Å². The second-order valence-electron chi connectivity index (χ2n) is 6.64. The van der Waals surface area contributed by atoms with Crippen molar-refractivity contribution in [2.45, 2.75) is 37.9 Å². The molecule has 0 aliphatic heterocycles. The molecule has 0 spiro atoms. The van der Waals surface area contributed by atoms with Crippen molar-refractivity contribution in [2.24, 2.45) is 11.3 Å². The Bertz CT molecular complexity index is 505. The third kappa shape index (κ3) is 3.59. The number of benzene rings is 1. The fourth-order valence-electron chi connectivity index (χ4n) is 3.07. The Morgan fingerprint density at radius 2 is 1.82 bits per heavy atom. The molecule has 0 aromatic heterocycles. The Hall–Kier alpha value is -1.59. The standard InChI is InChI=1S/C17H23NO4/c19-14-8-17(9-15(14)20,10-18-16(21)12-6-7-12)11-22-13-4-2-1-3-5-13/h1-5,12,14-15,19-20H,6-11H2,(H,18,21)/t14-,15+,17?. The smallest absolute Gasteiger partial charge is 0.223 e. The van der Waals surface area contributed by atoms with E-state index in [0.717, 1.165) is 18.6 Å². The number of carbonyl (C=O) groups is 1. The van der Waals surface area contributed by atoms with Crippen molar-refractivity contribution in [2.75, 3.05) is 13.2 Å². The van der Waals surface area contributed by atoms with Crippen LogP contribution in [0.4, 0.5) is 0 Å². The van der Waals surface area contributed by atoms with Gasteiger partial charge in [0.25, 0.3) is 0 Å². The number of rotatable bonds is 6. The number of nitrogens with one attached hydrogen (secondary N) is 1. The van der Waals surface area contributed by atoms with Gasteiger partial charge < -0.3 is 20.3 Å². The molecule has 3 atom stereocenters. The molecule has 2 aliphatic rings. The van der Waals surface area contributed by atoms with Crippen molar-refractivity contribution < 1.29 is 19.7 Å². The molecule has 0 radical (unpaired) electrons. The second kappa shape index (κ2) is 6.26. The largest absolute Gasteiger partial charge is 0.493 e. The summed E-state index contributed by atoms with van der Waals surface area (Å²) in [6.45, 7) is 0.805. The van der Waals surface area contributed by atoms with Gasteiger partial charge in [0.1, 0.15) is 5.75 Å². The van der Waals surface area contributed by atoms with Crippen molar-refractivity contribution in [3.8, 4) is 5.75 Å². The van der Waals surface area contributed by atoms with E-state index < -0.39 is 17.6 Å². The lowest BCUT2D eigenvalue weighted by Gasteiger charge is -2.29. The first-order valence-electron chi connectivity index (χ1n) is 7.90. The molecule has 0 saturated heterocycles. The summed E-state index contributed by atoms with van der Waals surface area (Å²) in [5.74, 6) is 0.990. The number of hydrogen-bond acceptors (Lipinski definition) is 4. The monoisotopic (exact) mass is 305 g/mol. The molecule has 3 rings (SSSR count). The number of hydrogen-bond donors (Lipinski definition) is 3. The summed E-state index contributed by atoms with van der Waals surface area (Å²) in [4.78, 5) is 11.9. The zero-order valence-electron chi connectivity index (χ0n) is 12.6. The molecule has 2 fully saturated rings. The highest BCUT2D eigenvalue weighted by Crippen LogP contribution is 2.39. The van der Waals surface area contributed by atoms with E-state index in [2.05, 4.69) is 5.32 Å². The summed E-state index contributed by atoms with van der Waals surface area (Å²) < 4.78 is 5.82. The highest BCUT2D eigenvalue weighted by molar-refractivity contribution is 5.80. The van der Waals surface area contributed by atoms with Crippen LogP contribution in [0.5, 0.6) is 5.75 Å². The van der Waals surface area contributed by atoms with Crippen molar-refractivity contribution in [1.29, 1.82) is 0 Å². The highest BCUT2D eigenvalue weighted by atomic mass is 16.5. The van der Waals surface area contributed by atoms with Crippen molar-refractivity contribution in [3.63, 3.8) is 0 Å². The Morgan fingerprint density at radius 1 is 1.18 bits per heavy atom. The third-order valence-corrected chi connectivity index (χ3v) is 4.60. The maximum Gasteiger partial charge on any atom is 0.223 e. The van der Waals surface area contributed by atoms with Gasteiger partial charge in [0.05, 0.1) is 18.8 Å². The van der Waals surface area contributed by atoms with E-state index in [0.29, 0.717) is 26.0 Å². The van der Waals surface area contributed by atoms with Crippen LogP contribution < -0.4 is 10.1 Å². The zero-order chi connectivity index (χ0) is 15.6. The Labute approximate surface area is 130 Å². The summed E-state index contributed by atoms with van der Waals surface area (Å²) in [6, 6.07) is 9.46. The van der Waals surface area contributed by atoms with Gasteiger partial charge in [-0.3, -0.25) is 4.79 Å². The Kier molecular flexibility index (Phi) is 4.36. The summed E-state index contributed by atoms with van der Waals surface area (Å²) in [5, 5.41) is 22.8. The number of aliphatic hydroxyl groups is 2. The molecule has 120 valence electrons. The molecule has 1 aromatic carbocycles. The van der Waals surface area contributed by atoms with Crippen LogP contribution in [-0.4, -0.2) is 41.5 Å². The van der Waals surface area contributed by atoms with Gasteiger partial charge in [0.15, 0.2) is 0 Å². The molecular weight excluding hydrogens is 282 g/mol. The fourth-order valence-corrected chi connectivity index (χ4v) is 3.07. The highest BCUT2D eigenvalue weighted by Gasteiger charge is 2.45. The molecule has 5 nitrogen and oxygen atoms in total. The third-order valence-electron chi connectivity index (χ3n) is 4.60. The van der Waals surface area contributed by atoms with E-state index in [1.54, 1.807) is 0 Å². The molecule has 22 heavy (non-hydrogen) atoms. The van der Waals surface area contributed by atoms with Crippen LogP contribution in [-0.2, 0) is 4.79 Å². The van der Waals surface area contributed by atoms with Gasteiger partial charge in [-0.2, -0.15) is 0 Å². The van der Waals surface area contributed by atoms with Gasteiger partial charge in [-0.25, -0.2) is 0 Å². The summed E-state index contributed by atoms with van der Waals surface area (Å²) in [7, 11) is 0. The maximum atomic E-state index is 11.9. The average Bonchev–Trinajstić information content (AvgIpc) is 3.32. The lowest BCUT2D eigenvalue weighted by Crippen LogP contribution is -2.41. The molecular formula is C17H23NO4. The number of para-hydroxylation sites is 1. The van der Waals surface area contributed by atoms with E-state index in [9.17, 15) is 15.0 Å². The first-order chi connectivity index (χ1) is 10.6. The molecule has 1 amide bonds. The molecule has 0 bridgehead atoms. The van der Waals surface area contributed by atoms with Crippen LogP contribution in [0.1, 0.15) is 25.7 Å². The zero-order valence-corrected chi connectivity index (χ0v) is 12.6. The Balaban J connectivity index is 1.62. The number of ether oxygens (including phenoxy) is 1. The van der Waals surface area contributed by atoms with Gasteiger partial charge in [0.2, 0.25) is 5.91 Å². The quantitative estimate of drug-likeness (QED) is 0.735. The fraction of sp³-hybridized carbons (Fsp3) is 0.588. The molecule has 2 saturated carbocycles. The average molecular weight is 305 g/mol. The first kappa shape index (κ1) is 15.3. The minimum atomic E-state index is -0.753. The van der Waals surface area contributed by atoms with Crippen LogP contribution in [0.2, 0.25) is 0 Å². The van der Waals surface area contributed by atoms with Crippen LogP contribution in [0.25, 0.3) is 0 Å². The predicted molar refractivity (Wildman–Crippen MR) is 81.4 cm³/mol. The number of carbonyl (C=O) groups excluding carboxylic acids is 1. The topological polar surface area (TPSA) is 78.8 Å². The molecule has 2 aliphatic carbocycles. The van der Waals surface area contributed by atoms with Crippen LogP contribution in [0.3, 0.4) is 0 Å². The minimum absolute atomic E-state index is 0.0787. The molecule has 0 heterocycles. The molecule has 5 heteroatoms. The van der Waals surface area contributed by atoms with E-state index in [-0.39, 0.29) is 11.8 Å². The van der Waals surface area contributed by atoms with Crippen molar-refractivity contribution in [1.82, 2.24) is 5.32 Å². The lowest BCUT2D eigenvalue weighted by molar-refractivity contribution is -0.123. The number of amides is 1. The van der Waals surface area contributed by atoms with E-state index in [4.69, 9.17) is 4.74 Å². The summed E-state index contributed by atoms with van der Waals surface area (Å²) in [5.41, 5.74) is -0.417. The van der Waals surface area contributed by atoms with Gasteiger partial charge in [0, 0.05) is 17.9 Å². The van der Waals surface area contributed by atoms with Gasteiger partial charge in [-0.15, -0.1) is 0 Å². The van der Waals surface area contributed by atoms with Crippen molar-refractivity contribution in [3.05, 3.63) is 30.3 Å². The van der Waals surface area contributed by atoms with Crippen LogP contribution in [0, 0.1) is 11.3 Å². The Morgan fingerprint density at radius 3 is 2.41 bits per heavy atom. The minimum Gasteiger partial charge on any atom is -0.493 e. The van der Waals surface area contributed by atoms with E-state index in [1.807, 2.05) is 30.3 Å². The number of aliphatic hydroxyl groups excluding tert-OH is 2. The maximum absolute atomic E-state index is 11.9.